The second kappa shape index (κ2) is 5.96. The van der Waals surface area contributed by atoms with Gasteiger partial charge in [-0.2, -0.15) is 5.10 Å². The first-order valence-electron chi connectivity index (χ1n) is 6.20. The lowest BCUT2D eigenvalue weighted by molar-refractivity contribution is 0.0591. The van der Waals surface area contributed by atoms with Gasteiger partial charge >= 0.3 is 5.97 Å². The average molecular weight is 293 g/mol. The molecule has 2 heterocycles. The number of hydrogen-bond acceptors (Lipinski definition) is 6. The molecule has 6 nitrogen and oxygen atoms in total. The van der Waals surface area contributed by atoms with Crippen LogP contribution in [0.1, 0.15) is 40.4 Å². The molecule has 0 bridgehead atoms. The van der Waals surface area contributed by atoms with Gasteiger partial charge in [0.05, 0.1) is 12.8 Å². The Balaban J connectivity index is 2.50. The van der Waals surface area contributed by atoms with Crippen molar-refractivity contribution in [2.75, 3.05) is 7.11 Å². The summed E-state index contributed by atoms with van der Waals surface area (Å²) in [7, 11) is 1.27. The van der Waals surface area contributed by atoms with E-state index in [2.05, 4.69) is 14.8 Å². The molecule has 0 spiro atoms. The summed E-state index contributed by atoms with van der Waals surface area (Å²) in [6, 6.07) is 1.82. The van der Waals surface area contributed by atoms with E-state index in [0.29, 0.717) is 9.88 Å². The van der Waals surface area contributed by atoms with Crippen LogP contribution >= 0.6 is 11.3 Å². The van der Waals surface area contributed by atoms with Gasteiger partial charge in [0.1, 0.15) is 9.88 Å². The van der Waals surface area contributed by atoms with Crippen LogP contribution in [0.15, 0.2) is 12.3 Å². The number of aromatic nitrogens is 3. The van der Waals surface area contributed by atoms with E-state index >= 15 is 0 Å². The maximum absolute atomic E-state index is 11.7. The number of thiazole rings is 1. The minimum absolute atomic E-state index is 0.0734. The molecule has 0 aliphatic heterocycles. The van der Waals surface area contributed by atoms with Gasteiger partial charge in [-0.3, -0.25) is 9.48 Å². The van der Waals surface area contributed by atoms with Gasteiger partial charge in [0.15, 0.2) is 11.5 Å². The van der Waals surface area contributed by atoms with Crippen molar-refractivity contribution >= 4 is 23.1 Å². The zero-order valence-electron chi connectivity index (χ0n) is 11.5. The van der Waals surface area contributed by atoms with Crippen molar-refractivity contribution in [2.24, 2.45) is 0 Å². The normalized spacial score (nSPS) is 10.6. The molecule has 0 atom stereocenters. The summed E-state index contributed by atoms with van der Waals surface area (Å²) in [5.74, 6) is -0.796. The second-order valence-electron chi connectivity index (χ2n) is 4.18. The molecule has 0 aliphatic carbocycles. The number of esters is 1. The molecule has 2 aromatic rings. The molecule has 0 amide bonds. The third-order valence-corrected chi connectivity index (χ3v) is 3.88. The SMILES string of the molecule is CCCn1nccc1-c1nc(C(=O)OC)c(C(C)=O)s1. The molecule has 7 heteroatoms. The minimum Gasteiger partial charge on any atom is -0.464 e. The van der Waals surface area contributed by atoms with Crippen LogP contribution in [0.25, 0.3) is 10.7 Å². The van der Waals surface area contributed by atoms with Gasteiger partial charge in [0.25, 0.3) is 0 Å². The zero-order valence-corrected chi connectivity index (χ0v) is 12.4. The van der Waals surface area contributed by atoms with Gasteiger partial charge in [0.2, 0.25) is 0 Å². The van der Waals surface area contributed by atoms with Gasteiger partial charge in [-0.25, -0.2) is 9.78 Å². The predicted molar refractivity (Wildman–Crippen MR) is 75.0 cm³/mol. The van der Waals surface area contributed by atoms with Gasteiger partial charge in [-0.1, -0.05) is 6.92 Å². The number of Topliss-reactive ketones (excluding diaryl/α,β-unsaturated/α-hetero) is 1. The van der Waals surface area contributed by atoms with Crippen molar-refractivity contribution < 1.29 is 14.3 Å². The molecule has 0 aliphatic rings. The van der Waals surface area contributed by atoms with Crippen molar-refractivity contribution in [1.29, 1.82) is 0 Å². The number of carbonyl (C=O) groups is 2. The Bertz CT molecular complexity index is 645. The smallest absolute Gasteiger partial charge is 0.358 e. The molecular formula is C13H15N3O3S. The van der Waals surface area contributed by atoms with E-state index in [0.717, 1.165) is 18.7 Å². The number of methoxy groups -OCH3 is 1. The van der Waals surface area contributed by atoms with Crippen molar-refractivity contribution in [1.82, 2.24) is 14.8 Å². The molecule has 0 aromatic carbocycles. The Morgan fingerprint density at radius 2 is 2.20 bits per heavy atom. The molecule has 106 valence electrons. The van der Waals surface area contributed by atoms with Crippen molar-refractivity contribution in [3.05, 3.63) is 22.8 Å². The minimum atomic E-state index is -0.598. The number of rotatable bonds is 5. The average Bonchev–Trinajstić information content (AvgIpc) is 3.04. The van der Waals surface area contributed by atoms with E-state index in [9.17, 15) is 9.59 Å². The summed E-state index contributed by atoms with van der Waals surface area (Å²) in [4.78, 5) is 27.9. The number of hydrogen-bond donors (Lipinski definition) is 0. The highest BCUT2D eigenvalue weighted by Crippen LogP contribution is 2.29. The fourth-order valence-corrected chi connectivity index (χ4v) is 2.79. The monoisotopic (exact) mass is 293 g/mol. The summed E-state index contributed by atoms with van der Waals surface area (Å²) >= 11 is 1.19. The Labute approximate surface area is 120 Å². The molecule has 20 heavy (non-hydrogen) atoms. The molecule has 0 fully saturated rings. The second-order valence-corrected chi connectivity index (χ2v) is 5.18. The summed E-state index contributed by atoms with van der Waals surface area (Å²) in [6.45, 7) is 4.21. The van der Waals surface area contributed by atoms with Crippen molar-refractivity contribution in [3.63, 3.8) is 0 Å². The van der Waals surface area contributed by atoms with E-state index in [4.69, 9.17) is 0 Å². The summed E-state index contributed by atoms with van der Waals surface area (Å²) in [6.07, 6.45) is 2.61. The van der Waals surface area contributed by atoms with Crippen LogP contribution in [0.5, 0.6) is 0 Å². The summed E-state index contributed by atoms with van der Waals surface area (Å²) in [5, 5.41) is 4.81. The number of ketones is 1. The lowest BCUT2D eigenvalue weighted by Crippen LogP contribution is -2.07. The molecular weight excluding hydrogens is 278 g/mol. The lowest BCUT2D eigenvalue weighted by Gasteiger charge is -2.02. The Hall–Kier alpha value is -2.02. The van der Waals surface area contributed by atoms with Crippen molar-refractivity contribution in [2.45, 2.75) is 26.8 Å². The van der Waals surface area contributed by atoms with Gasteiger partial charge in [-0.05, 0) is 12.5 Å². The van der Waals surface area contributed by atoms with E-state index in [-0.39, 0.29) is 11.5 Å². The van der Waals surface area contributed by atoms with Crippen LogP contribution in [0, 0.1) is 0 Å². The highest BCUT2D eigenvalue weighted by molar-refractivity contribution is 7.17. The highest BCUT2D eigenvalue weighted by Gasteiger charge is 2.23. The molecule has 2 aromatic heterocycles. The summed E-state index contributed by atoms with van der Waals surface area (Å²) < 4.78 is 6.48. The molecule has 0 saturated heterocycles. The first-order valence-corrected chi connectivity index (χ1v) is 7.02. The van der Waals surface area contributed by atoms with Crippen LogP contribution in [0.3, 0.4) is 0 Å². The Morgan fingerprint density at radius 1 is 1.45 bits per heavy atom. The zero-order chi connectivity index (χ0) is 14.7. The first kappa shape index (κ1) is 14.4. The maximum Gasteiger partial charge on any atom is 0.358 e. The van der Waals surface area contributed by atoms with Crippen LogP contribution in [0.2, 0.25) is 0 Å². The van der Waals surface area contributed by atoms with E-state index in [1.54, 1.807) is 6.20 Å². The third-order valence-electron chi connectivity index (χ3n) is 2.70. The molecule has 0 radical (unpaired) electrons. The molecule has 0 N–H and O–H groups in total. The fourth-order valence-electron chi connectivity index (χ4n) is 1.81. The van der Waals surface area contributed by atoms with E-state index < -0.39 is 5.97 Å². The highest BCUT2D eigenvalue weighted by atomic mass is 32.1. The summed E-state index contributed by atoms with van der Waals surface area (Å²) in [5.41, 5.74) is 0.874. The largest absolute Gasteiger partial charge is 0.464 e. The Morgan fingerprint density at radius 3 is 2.80 bits per heavy atom. The predicted octanol–water partition coefficient (Wildman–Crippen LogP) is 2.41. The van der Waals surface area contributed by atoms with Crippen LogP contribution in [-0.4, -0.2) is 33.6 Å². The van der Waals surface area contributed by atoms with Crippen LogP contribution < -0.4 is 0 Å². The third kappa shape index (κ3) is 2.62. The van der Waals surface area contributed by atoms with Crippen LogP contribution in [0.4, 0.5) is 0 Å². The molecule has 0 saturated carbocycles. The van der Waals surface area contributed by atoms with Crippen LogP contribution in [-0.2, 0) is 11.3 Å². The number of nitrogens with zero attached hydrogens (tertiary/aromatic N) is 3. The quantitative estimate of drug-likeness (QED) is 0.625. The Kier molecular flexibility index (Phi) is 4.29. The first-order chi connectivity index (χ1) is 9.58. The topological polar surface area (TPSA) is 74.1 Å². The van der Waals surface area contributed by atoms with Gasteiger partial charge in [0, 0.05) is 19.7 Å². The number of ether oxygens (including phenoxy) is 1. The maximum atomic E-state index is 11.7. The molecule has 0 unspecified atom stereocenters. The van der Waals surface area contributed by atoms with Gasteiger partial charge in [-0.15, -0.1) is 11.3 Å². The standard InChI is InChI=1S/C13H15N3O3S/c1-4-7-16-9(5-6-14-16)12-15-10(13(18)19-3)11(20-12)8(2)17/h5-6H,4,7H2,1-3H3. The number of aryl methyl sites for hydroxylation is 1. The number of carbonyl (C=O) groups excluding carboxylic acids is 2. The lowest BCUT2D eigenvalue weighted by atomic mass is 10.3. The molecule has 2 rings (SSSR count). The van der Waals surface area contributed by atoms with E-state index in [1.165, 1.54) is 25.4 Å². The van der Waals surface area contributed by atoms with E-state index in [1.807, 2.05) is 17.7 Å². The fraction of sp³-hybridized carbons (Fsp3) is 0.385. The van der Waals surface area contributed by atoms with Crippen molar-refractivity contribution in [3.8, 4) is 10.7 Å². The van der Waals surface area contributed by atoms with Gasteiger partial charge < -0.3 is 4.74 Å².